The van der Waals surface area contributed by atoms with Crippen molar-refractivity contribution < 1.29 is 18.7 Å². The number of fused-ring (bicyclic) bond motifs is 1. The molecular formula is C21H22N2O4. The van der Waals surface area contributed by atoms with Gasteiger partial charge in [-0.05, 0) is 50.1 Å². The van der Waals surface area contributed by atoms with Gasteiger partial charge in [0.2, 0.25) is 0 Å². The van der Waals surface area contributed by atoms with Gasteiger partial charge in [-0.3, -0.25) is 9.59 Å². The molecule has 0 aliphatic carbocycles. The van der Waals surface area contributed by atoms with E-state index in [1.54, 1.807) is 6.92 Å². The Kier molecular flexibility index (Phi) is 5.54. The molecule has 0 aliphatic heterocycles. The van der Waals surface area contributed by atoms with Crippen LogP contribution in [0.5, 0.6) is 0 Å². The minimum atomic E-state index is -0.888. The number of nitrogens with zero attached hydrogens (tertiary/aromatic N) is 1. The number of carbonyl (C=O) groups excluding carboxylic acids is 2. The van der Waals surface area contributed by atoms with Crippen LogP contribution < -0.4 is 5.32 Å². The number of amides is 1. The van der Waals surface area contributed by atoms with Crippen molar-refractivity contribution in [1.82, 2.24) is 4.98 Å². The van der Waals surface area contributed by atoms with Gasteiger partial charge >= 0.3 is 5.97 Å². The fourth-order valence-electron chi connectivity index (χ4n) is 2.65. The molecule has 27 heavy (non-hydrogen) atoms. The summed E-state index contributed by atoms with van der Waals surface area (Å²) < 4.78 is 10.8. The van der Waals surface area contributed by atoms with E-state index in [1.165, 1.54) is 0 Å². The van der Waals surface area contributed by atoms with E-state index in [9.17, 15) is 9.59 Å². The van der Waals surface area contributed by atoms with Crippen molar-refractivity contribution in [3.8, 4) is 0 Å². The highest BCUT2D eigenvalue weighted by Gasteiger charge is 2.19. The van der Waals surface area contributed by atoms with Crippen LogP contribution in [0.25, 0.3) is 11.1 Å². The van der Waals surface area contributed by atoms with Crippen LogP contribution in [0.1, 0.15) is 30.4 Å². The maximum atomic E-state index is 12.3. The van der Waals surface area contributed by atoms with Crippen LogP contribution in [-0.2, 0) is 20.7 Å². The van der Waals surface area contributed by atoms with Crippen LogP contribution in [-0.4, -0.2) is 23.0 Å². The number of carbonyl (C=O) groups is 2. The molecule has 0 spiro atoms. The van der Waals surface area contributed by atoms with Gasteiger partial charge in [0.05, 0.1) is 6.42 Å². The number of hydrogen-bond donors (Lipinski definition) is 1. The number of benzene rings is 2. The van der Waals surface area contributed by atoms with Crippen LogP contribution in [0.15, 0.2) is 46.9 Å². The predicted octanol–water partition coefficient (Wildman–Crippen LogP) is 3.95. The molecule has 1 atom stereocenters. The topological polar surface area (TPSA) is 81.4 Å². The molecule has 0 aliphatic rings. The molecule has 3 rings (SSSR count). The van der Waals surface area contributed by atoms with E-state index >= 15 is 0 Å². The molecule has 0 bridgehead atoms. The van der Waals surface area contributed by atoms with E-state index in [4.69, 9.17) is 9.15 Å². The van der Waals surface area contributed by atoms with Crippen LogP contribution in [0.2, 0.25) is 0 Å². The summed E-state index contributed by atoms with van der Waals surface area (Å²) in [6.07, 6.45) is -0.478. The third-order valence-corrected chi connectivity index (χ3v) is 4.21. The molecular weight excluding hydrogens is 344 g/mol. The van der Waals surface area contributed by atoms with Crippen molar-refractivity contribution in [1.29, 1.82) is 0 Å². The number of esters is 1. The molecule has 0 saturated carbocycles. The molecule has 6 heteroatoms. The van der Waals surface area contributed by atoms with E-state index in [0.717, 1.165) is 22.3 Å². The fourth-order valence-corrected chi connectivity index (χ4v) is 2.65. The van der Waals surface area contributed by atoms with Gasteiger partial charge in [-0.1, -0.05) is 24.3 Å². The van der Waals surface area contributed by atoms with Gasteiger partial charge in [0.15, 0.2) is 17.6 Å². The van der Waals surface area contributed by atoms with Crippen molar-refractivity contribution >= 4 is 28.7 Å². The lowest BCUT2D eigenvalue weighted by molar-refractivity contribution is -0.153. The Morgan fingerprint density at radius 2 is 1.96 bits per heavy atom. The summed E-state index contributed by atoms with van der Waals surface area (Å²) in [6.45, 7) is 5.41. The van der Waals surface area contributed by atoms with Crippen molar-refractivity contribution in [2.45, 2.75) is 39.7 Å². The molecule has 0 radical (unpaired) electrons. The lowest BCUT2D eigenvalue weighted by Crippen LogP contribution is -2.30. The molecule has 2 aromatic carbocycles. The number of aryl methyl sites for hydroxylation is 3. The smallest absolute Gasteiger partial charge is 0.307 e. The number of oxazole rings is 1. The SMILES string of the molecule is Cc1ccc(C)c(NC(=O)[C@@H](C)OC(=O)CCc2nc3ccccc3o2)c1. The van der Waals surface area contributed by atoms with Gasteiger partial charge in [0, 0.05) is 12.1 Å². The van der Waals surface area contributed by atoms with Gasteiger partial charge in [0.25, 0.3) is 5.91 Å². The zero-order chi connectivity index (χ0) is 19.4. The van der Waals surface area contributed by atoms with E-state index in [2.05, 4.69) is 10.3 Å². The number of rotatable bonds is 6. The number of anilines is 1. The zero-order valence-electron chi connectivity index (χ0n) is 15.6. The largest absolute Gasteiger partial charge is 0.453 e. The van der Waals surface area contributed by atoms with Gasteiger partial charge in [0.1, 0.15) is 5.52 Å². The first-order valence-corrected chi connectivity index (χ1v) is 8.84. The Bertz CT molecular complexity index is 944. The lowest BCUT2D eigenvalue weighted by atomic mass is 10.1. The number of hydrogen-bond acceptors (Lipinski definition) is 5. The molecule has 0 fully saturated rings. The molecule has 3 aromatic rings. The van der Waals surface area contributed by atoms with Crippen molar-refractivity contribution in [2.24, 2.45) is 0 Å². The second-order valence-corrected chi connectivity index (χ2v) is 6.52. The molecule has 1 heterocycles. The number of ether oxygens (including phenoxy) is 1. The Labute approximate surface area is 157 Å². The highest BCUT2D eigenvalue weighted by molar-refractivity contribution is 5.95. The summed E-state index contributed by atoms with van der Waals surface area (Å²) in [6, 6.07) is 13.2. The van der Waals surface area contributed by atoms with Crippen LogP contribution in [0.3, 0.4) is 0 Å². The van der Waals surface area contributed by atoms with E-state index < -0.39 is 12.1 Å². The Morgan fingerprint density at radius 3 is 2.74 bits per heavy atom. The van der Waals surface area contributed by atoms with Gasteiger partial charge < -0.3 is 14.5 Å². The second kappa shape index (κ2) is 8.03. The van der Waals surface area contributed by atoms with Crippen molar-refractivity contribution in [3.05, 3.63) is 59.5 Å². The van der Waals surface area contributed by atoms with Crippen LogP contribution in [0.4, 0.5) is 5.69 Å². The first-order valence-electron chi connectivity index (χ1n) is 8.84. The summed E-state index contributed by atoms with van der Waals surface area (Å²) in [5.74, 6) is -0.361. The van der Waals surface area contributed by atoms with Crippen LogP contribution in [0, 0.1) is 13.8 Å². The van der Waals surface area contributed by atoms with Gasteiger partial charge in [-0.15, -0.1) is 0 Å². The maximum Gasteiger partial charge on any atom is 0.307 e. The monoisotopic (exact) mass is 366 g/mol. The molecule has 1 amide bonds. The lowest BCUT2D eigenvalue weighted by Gasteiger charge is -2.15. The minimum Gasteiger partial charge on any atom is -0.453 e. The molecule has 1 aromatic heterocycles. The van der Waals surface area contributed by atoms with E-state index in [-0.39, 0.29) is 12.3 Å². The number of para-hydroxylation sites is 2. The summed E-state index contributed by atoms with van der Waals surface area (Å²) in [5, 5.41) is 2.80. The highest BCUT2D eigenvalue weighted by Crippen LogP contribution is 2.18. The average molecular weight is 366 g/mol. The molecule has 0 saturated heterocycles. The standard InChI is InChI=1S/C21H22N2O4/c1-13-8-9-14(2)17(12-13)23-21(25)15(3)26-20(24)11-10-19-22-16-6-4-5-7-18(16)27-19/h4-9,12,15H,10-11H2,1-3H3,(H,23,25)/t15-/m1/s1. The summed E-state index contributed by atoms with van der Waals surface area (Å²) >= 11 is 0. The number of aromatic nitrogens is 1. The molecule has 0 unspecified atom stereocenters. The Balaban J connectivity index is 1.52. The molecule has 1 N–H and O–H groups in total. The van der Waals surface area contributed by atoms with Gasteiger partial charge in [-0.25, -0.2) is 4.98 Å². The van der Waals surface area contributed by atoms with E-state index in [1.807, 2.05) is 56.3 Å². The predicted molar refractivity (Wildman–Crippen MR) is 102 cm³/mol. The summed E-state index contributed by atoms with van der Waals surface area (Å²) in [5.41, 5.74) is 4.14. The summed E-state index contributed by atoms with van der Waals surface area (Å²) in [4.78, 5) is 28.7. The Morgan fingerprint density at radius 1 is 1.19 bits per heavy atom. The van der Waals surface area contributed by atoms with E-state index in [0.29, 0.717) is 17.9 Å². The fraction of sp³-hybridized carbons (Fsp3) is 0.286. The normalized spacial score (nSPS) is 12.0. The number of nitrogens with one attached hydrogen (secondary N) is 1. The van der Waals surface area contributed by atoms with Crippen molar-refractivity contribution in [2.75, 3.05) is 5.32 Å². The van der Waals surface area contributed by atoms with Crippen LogP contribution >= 0.6 is 0 Å². The third-order valence-electron chi connectivity index (χ3n) is 4.21. The molecule has 6 nitrogen and oxygen atoms in total. The zero-order valence-corrected chi connectivity index (χ0v) is 15.6. The summed E-state index contributed by atoms with van der Waals surface area (Å²) in [7, 11) is 0. The second-order valence-electron chi connectivity index (χ2n) is 6.52. The average Bonchev–Trinajstić information content (AvgIpc) is 3.06. The first kappa shape index (κ1) is 18.6. The maximum absolute atomic E-state index is 12.3. The van der Waals surface area contributed by atoms with Gasteiger partial charge in [-0.2, -0.15) is 0 Å². The minimum absolute atomic E-state index is 0.0912. The highest BCUT2D eigenvalue weighted by atomic mass is 16.5. The third kappa shape index (κ3) is 4.73. The van der Waals surface area contributed by atoms with Crippen molar-refractivity contribution in [3.63, 3.8) is 0 Å². The Hall–Kier alpha value is -3.15. The molecule has 140 valence electrons. The first-order chi connectivity index (χ1) is 12.9. The quantitative estimate of drug-likeness (QED) is 0.668.